The number of nitrogens with one attached hydrogen (secondary N) is 1. The zero-order chi connectivity index (χ0) is 20.9. The third-order valence-corrected chi connectivity index (χ3v) is 5.97. The Morgan fingerprint density at radius 3 is 2.64 bits per heavy atom. The smallest absolute Gasteiger partial charge is 0.400 e. The molecule has 0 spiro atoms. The first-order valence-electron chi connectivity index (χ1n) is 8.23. The van der Waals surface area contributed by atoms with Crippen LogP contribution >= 0.6 is 15.9 Å². The number of hydrogen-bond acceptors (Lipinski definition) is 5. The predicted molar refractivity (Wildman–Crippen MR) is 102 cm³/mol. The van der Waals surface area contributed by atoms with Crippen LogP contribution in [-0.2, 0) is 17.2 Å². The lowest BCUT2D eigenvalue weighted by Crippen LogP contribution is -2.19. The summed E-state index contributed by atoms with van der Waals surface area (Å²) in [7, 11) is -2.34. The van der Waals surface area contributed by atoms with Crippen molar-refractivity contribution in [2.45, 2.75) is 31.3 Å². The van der Waals surface area contributed by atoms with Crippen LogP contribution in [0.1, 0.15) is 18.2 Å². The van der Waals surface area contributed by atoms with Gasteiger partial charge in [0, 0.05) is 4.90 Å². The standard InChI is InChI=1S/C17H18BrF4N3O2S/c1-3-12-15(18)16(25-9-24-12)23-4-5-27-13-7-14(10(2)6-11(13)19)28(26)8-17(20,21)22/h6-7,9H,3-5,8H2,1-2H3,(H,23,24,25). The van der Waals surface area contributed by atoms with Gasteiger partial charge in [-0.15, -0.1) is 0 Å². The summed E-state index contributed by atoms with van der Waals surface area (Å²) >= 11 is 3.39. The van der Waals surface area contributed by atoms with Crippen molar-refractivity contribution in [2.24, 2.45) is 0 Å². The number of benzene rings is 1. The van der Waals surface area contributed by atoms with E-state index >= 15 is 0 Å². The van der Waals surface area contributed by atoms with E-state index in [-0.39, 0.29) is 29.4 Å². The number of nitrogens with zero attached hydrogens (tertiary/aromatic N) is 2. The van der Waals surface area contributed by atoms with Gasteiger partial charge in [-0.25, -0.2) is 14.4 Å². The van der Waals surface area contributed by atoms with Gasteiger partial charge in [-0.2, -0.15) is 13.2 Å². The quantitative estimate of drug-likeness (QED) is 0.445. The number of aryl methyl sites for hydroxylation is 2. The second-order valence-corrected chi connectivity index (χ2v) is 7.98. The van der Waals surface area contributed by atoms with Gasteiger partial charge in [-0.05, 0) is 47.0 Å². The van der Waals surface area contributed by atoms with Gasteiger partial charge in [0.05, 0.1) is 27.5 Å². The van der Waals surface area contributed by atoms with E-state index in [4.69, 9.17) is 4.74 Å². The van der Waals surface area contributed by atoms with Crippen LogP contribution in [0.5, 0.6) is 5.75 Å². The molecule has 1 aromatic heterocycles. The maximum atomic E-state index is 14.1. The van der Waals surface area contributed by atoms with Crippen LogP contribution in [0.25, 0.3) is 0 Å². The summed E-state index contributed by atoms with van der Waals surface area (Å²) < 4.78 is 69.5. The average molecular weight is 484 g/mol. The Hall–Kier alpha value is -1.75. The molecule has 2 aromatic rings. The highest BCUT2D eigenvalue weighted by atomic mass is 79.9. The lowest BCUT2D eigenvalue weighted by atomic mass is 10.2. The van der Waals surface area contributed by atoms with Crippen LogP contribution < -0.4 is 10.1 Å². The molecule has 1 heterocycles. The van der Waals surface area contributed by atoms with E-state index in [9.17, 15) is 21.8 Å². The Labute approximate surface area is 170 Å². The van der Waals surface area contributed by atoms with Crippen LogP contribution in [0.15, 0.2) is 27.8 Å². The Bertz CT molecular complexity index is 865. The number of hydrogen-bond donors (Lipinski definition) is 1. The van der Waals surface area contributed by atoms with Gasteiger partial charge in [-0.1, -0.05) is 6.92 Å². The minimum absolute atomic E-state index is 0.0171. The SMILES string of the molecule is CCc1ncnc(NCCOc2cc(S(=O)CC(F)(F)F)c(C)cc2F)c1Br. The van der Waals surface area contributed by atoms with Crippen LogP contribution in [0.3, 0.4) is 0 Å². The maximum Gasteiger partial charge on any atom is 0.400 e. The summed E-state index contributed by atoms with van der Waals surface area (Å²) in [4.78, 5) is 8.10. The second kappa shape index (κ2) is 9.64. The number of alkyl halides is 3. The summed E-state index contributed by atoms with van der Waals surface area (Å²) in [5, 5.41) is 3.00. The highest BCUT2D eigenvalue weighted by molar-refractivity contribution is 9.10. The third-order valence-electron chi connectivity index (χ3n) is 3.62. The minimum Gasteiger partial charge on any atom is -0.489 e. The molecule has 1 unspecified atom stereocenters. The van der Waals surface area contributed by atoms with Crippen molar-refractivity contribution in [3.63, 3.8) is 0 Å². The molecule has 5 nitrogen and oxygen atoms in total. The van der Waals surface area contributed by atoms with Crippen molar-refractivity contribution in [1.29, 1.82) is 0 Å². The molecule has 0 saturated carbocycles. The van der Waals surface area contributed by atoms with Crippen molar-refractivity contribution >= 4 is 32.5 Å². The molecule has 0 amide bonds. The molecule has 0 radical (unpaired) electrons. The van der Waals surface area contributed by atoms with Gasteiger partial charge < -0.3 is 10.1 Å². The molecular weight excluding hydrogens is 466 g/mol. The normalized spacial score (nSPS) is 12.7. The zero-order valence-corrected chi connectivity index (χ0v) is 17.5. The zero-order valence-electron chi connectivity index (χ0n) is 15.1. The van der Waals surface area contributed by atoms with E-state index in [0.29, 0.717) is 16.7 Å². The molecular formula is C17H18BrF4N3O2S. The van der Waals surface area contributed by atoms with E-state index in [2.05, 4.69) is 31.2 Å². The third kappa shape index (κ3) is 6.13. The first-order valence-corrected chi connectivity index (χ1v) is 10.3. The highest BCUT2D eigenvalue weighted by Gasteiger charge is 2.32. The largest absolute Gasteiger partial charge is 0.489 e. The summed E-state index contributed by atoms with van der Waals surface area (Å²) in [6, 6.07) is 2.07. The van der Waals surface area contributed by atoms with Crippen LogP contribution in [0.2, 0.25) is 0 Å². The van der Waals surface area contributed by atoms with Crippen LogP contribution in [0.4, 0.5) is 23.4 Å². The number of rotatable bonds is 8. The first-order chi connectivity index (χ1) is 13.1. The van der Waals surface area contributed by atoms with E-state index in [1.54, 1.807) is 0 Å². The summed E-state index contributed by atoms with van der Waals surface area (Å²) in [6.45, 7) is 3.62. The summed E-state index contributed by atoms with van der Waals surface area (Å²) in [5.74, 6) is -1.94. The van der Waals surface area contributed by atoms with E-state index in [0.717, 1.165) is 17.8 Å². The molecule has 28 heavy (non-hydrogen) atoms. The molecule has 0 bridgehead atoms. The molecule has 1 atom stereocenters. The molecule has 11 heteroatoms. The molecule has 0 fully saturated rings. The summed E-state index contributed by atoms with van der Waals surface area (Å²) in [5.41, 5.74) is 0.988. The van der Waals surface area contributed by atoms with Gasteiger partial charge in [0.1, 0.15) is 24.5 Å². The fourth-order valence-corrected chi connectivity index (χ4v) is 4.06. The Morgan fingerprint density at radius 1 is 1.29 bits per heavy atom. The van der Waals surface area contributed by atoms with Gasteiger partial charge in [0.25, 0.3) is 0 Å². The van der Waals surface area contributed by atoms with Gasteiger partial charge in [-0.3, -0.25) is 4.21 Å². The maximum absolute atomic E-state index is 14.1. The van der Waals surface area contributed by atoms with Crippen LogP contribution in [-0.4, -0.2) is 39.3 Å². The predicted octanol–water partition coefficient (Wildman–Crippen LogP) is 4.41. The summed E-state index contributed by atoms with van der Waals surface area (Å²) in [6.07, 6.45) is -2.46. The molecule has 0 aliphatic heterocycles. The number of halogens is 5. The Kier molecular flexibility index (Phi) is 7.76. The Balaban J connectivity index is 2.02. The monoisotopic (exact) mass is 483 g/mol. The fraction of sp³-hybridized carbons (Fsp3) is 0.412. The minimum atomic E-state index is -4.58. The Morgan fingerprint density at radius 2 is 2.00 bits per heavy atom. The van der Waals surface area contributed by atoms with Crippen molar-refractivity contribution in [3.05, 3.63) is 40.0 Å². The van der Waals surface area contributed by atoms with Crippen molar-refractivity contribution in [1.82, 2.24) is 9.97 Å². The lowest BCUT2D eigenvalue weighted by Gasteiger charge is -2.13. The number of anilines is 1. The molecule has 0 aliphatic rings. The van der Waals surface area contributed by atoms with Gasteiger partial charge in [0.2, 0.25) is 0 Å². The first kappa shape index (κ1) is 22.5. The lowest BCUT2D eigenvalue weighted by molar-refractivity contribution is -0.105. The topological polar surface area (TPSA) is 64.1 Å². The van der Waals surface area contributed by atoms with E-state index in [1.807, 2.05) is 6.92 Å². The van der Waals surface area contributed by atoms with Crippen molar-refractivity contribution < 1.29 is 26.5 Å². The highest BCUT2D eigenvalue weighted by Crippen LogP contribution is 2.28. The number of ether oxygens (including phenoxy) is 1. The fourth-order valence-electron chi connectivity index (χ4n) is 2.32. The van der Waals surface area contributed by atoms with E-state index < -0.39 is 28.5 Å². The van der Waals surface area contributed by atoms with E-state index in [1.165, 1.54) is 13.3 Å². The number of aromatic nitrogens is 2. The van der Waals surface area contributed by atoms with Crippen molar-refractivity contribution in [3.8, 4) is 5.75 Å². The van der Waals surface area contributed by atoms with Gasteiger partial charge >= 0.3 is 6.18 Å². The van der Waals surface area contributed by atoms with Crippen LogP contribution in [0, 0.1) is 12.7 Å². The molecule has 0 aliphatic carbocycles. The molecule has 1 N–H and O–H groups in total. The van der Waals surface area contributed by atoms with Crippen molar-refractivity contribution in [2.75, 3.05) is 24.2 Å². The van der Waals surface area contributed by atoms with Gasteiger partial charge in [0.15, 0.2) is 11.6 Å². The molecule has 1 aromatic carbocycles. The average Bonchev–Trinajstić information content (AvgIpc) is 2.59. The molecule has 2 rings (SSSR count). The second-order valence-electron chi connectivity index (χ2n) is 5.76. The molecule has 154 valence electrons. The molecule has 0 saturated heterocycles.